The van der Waals surface area contributed by atoms with E-state index in [1.807, 2.05) is 19.2 Å². The zero-order valence-corrected chi connectivity index (χ0v) is 11.0. The highest BCUT2D eigenvalue weighted by Crippen LogP contribution is 2.20. The molecule has 0 aliphatic carbocycles. The predicted molar refractivity (Wildman–Crippen MR) is 72.3 cm³/mol. The van der Waals surface area contributed by atoms with Crippen molar-refractivity contribution in [3.8, 4) is 0 Å². The Labute approximate surface area is 103 Å². The molecule has 1 saturated heterocycles. The van der Waals surface area contributed by atoms with Crippen molar-refractivity contribution in [1.82, 2.24) is 9.88 Å². The molecule has 94 valence electrons. The smallest absolute Gasteiger partial charge is 0.130 e. The lowest BCUT2D eigenvalue weighted by Crippen LogP contribution is -2.52. The number of rotatable bonds is 2. The molecule has 1 unspecified atom stereocenters. The van der Waals surface area contributed by atoms with E-state index in [9.17, 15) is 0 Å². The van der Waals surface area contributed by atoms with Crippen LogP contribution in [0.1, 0.15) is 19.4 Å². The van der Waals surface area contributed by atoms with E-state index in [-0.39, 0.29) is 0 Å². The van der Waals surface area contributed by atoms with Crippen LogP contribution in [0.5, 0.6) is 0 Å². The average Bonchev–Trinajstić information content (AvgIpc) is 2.32. The van der Waals surface area contributed by atoms with Crippen molar-refractivity contribution in [3.05, 3.63) is 17.8 Å². The molecule has 4 heteroatoms. The first-order valence-corrected chi connectivity index (χ1v) is 6.33. The maximum Gasteiger partial charge on any atom is 0.130 e. The van der Waals surface area contributed by atoms with Gasteiger partial charge in [0.1, 0.15) is 5.82 Å². The number of piperazine rings is 1. The normalized spacial score (nSPS) is 21.8. The summed E-state index contributed by atoms with van der Waals surface area (Å²) in [6.45, 7) is 10.8. The summed E-state index contributed by atoms with van der Waals surface area (Å²) in [5.74, 6) is 1.01. The fourth-order valence-corrected chi connectivity index (χ4v) is 2.37. The molecule has 1 aliphatic rings. The van der Waals surface area contributed by atoms with Gasteiger partial charge in [0.2, 0.25) is 0 Å². The van der Waals surface area contributed by atoms with Crippen LogP contribution in [0.25, 0.3) is 0 Å². The zero-order valence-electron chi connectivity index (χ0n) is 11.0. The highest BCUT2D eigenvalue weighted by Gasteiger charge is 2.23. The van der Waals surface area contributed by atoms with Crippen LogP contribution in [0.4, 0.5) is 11.5 Å². The van der Waals surface area contributed by atoms with Crippen molar-refractivity contribution in [3.63, 3.8) is 0 Å². The lowest BCUT2D eigenvalue weighted by Gasteiger charge is -2.40. The fourth-order valence-electron chi connectivity index (χ4n) is 2.37. The van der Waals surface area contributed by atoms with Gasteiger partial charge >= 0.3 is 0 Å². The van der Waals surface area contributed by atoms with Crippen molar-refractivity contribution < 1.29 is 0 Å². The first kappa shape index (κ1) is 12.2. The SMILES string of the molecule is CCN1CCN(c2cc(N)c(C)cn2)CC1C. The minimum absolute atomic E-state index is 0.582. The Hall–Kier alpha value is -1.29. The number of nitrogens with two attached hydrogens (primary N) is 1. The number of anilines is 2. The molecular formula is C13H22N4. The monoisotopic (exact) mass is 234 g/mol. The number of aromatic nitrogens is 1. The molecule has 1 aliphatic heterocycles. The summed E-state index contributed by atoms with van der Waals surface area (Å²) in [5.41, 5.74) is 7.82. The summed E-state index contributed by atoms with van der Waals surface area (Å²) >= 11 is 0. The lowest BCUT2D eigenvalue weighted by atomic mass is 10.2. The van der Waals surface area contributed by atoms with Gasteiger partial charge in [0.25, 0.3) is 0 Å². The predicted octanol–water partition coefficient (Wildman–Crippen LogP) is 1.50. The molecule has 0 aromatic carbocycles. The molecule has 2 heterocycles. The number of pyridine rings is 1. The summed E-state index contributed by atoms with van der Waals surface area (Å²) in [6.07, 6.45) is 1.86. The summed E-state index contributed by atoms with van der Waals surface area (Å²) in [7, 11) is 0. The third-order valence-corrected chi connectivity index (χ3v) is 3.63. The van der Waals surface area contributed by atoms with Crippen molar-refractivity contribution in [2.75, 3.05) is 36.8 Å². The number of hydrogen-bond acceptors (Lipinski definition) is 4. The molecule has 17 heavy (non-hydrogen) atoms. The molecule has 0 spiro atoms. The maximum atomic E-state index is 5.94. The van der Waals surface area contributed by atoms with Gasteiger partial charge in [0, 0.05) is 43.6 Å². The summed E-state index contributed by atoms with van der Waals surface area (Å²) in [4.78, 5) is 9.30. The van der Waals surface area contributed by atoms with E-state index in [0.717, 1.165) is 43.2 Å². The number of aryl methyl sites for hydroxylation is 1. The van der Waals surface area contributed by atoms with Gasteiger partial charge in [-0.15, -0.1) is 0 Å². The van der Waals surface area contributed by atoms with Gasteiger partial charge in [-0.25, -0.2) is 4.98 Å². The summed E-state index contributed by atoms with van der Waals surface area (Å²) in [6, 6.07) is 2.57. The van der Waals surface area contributed by atoms with Gasteiger partial charge in [-0.2, -0.15) is 0 Å². The van der Waals surface area contributed by atoms with Gasteiger partial charge in [0.05, 0.1) is 0 Å². The van der Waals surface area contributed by atoms with E-state index >= 15 is 0 Å². The largest absolute Gasteiger partial charge is 0.398 e. The molecule has 1 aromatic heterocycles. The van der Waals surface area contributed by atoms with Crippen LogP contribution in [0.15, 0.2) is 12.3 Å². The third-order valence-electron chi connectivity index (χ3n) is 3.63. The third kappa shape index (κ3) is 2.52. The van der Waals surface area contributed by atoms with E-state index in [1.54, 1.807) is 0 Å². The second-order valence-electron chi connectivity index (χ2n) is 4.82. The minimum Gasteiger partial charge on any atom is -0.398 e. The molecule has 1 atom stereocenters. The van der Waals surface area contributed by atoms with E-state index in [1.165, 1.54) is 0 Å². The summed E-state index contributed by atoms with van der Waals surface area (Å²) in [5, 5.41) is 0. The molecule has 4 nitrogen and oxygen atoms in total. The van der Waals surface area contributed by atoms with E-state index < -0.39 is 0 Å². The lowest BCUT2D eigenvalue weighted by molar-refractivity contribution is 0.199. The highest BCUT2D eigenvalue weighted by molar-refractivity contribution is 5.55. The molecule has 0 radical (unpaired) electrons. The van der Waals surface area contributed by atoms with Crippen LogP contribution in [-0.4, -0.2) is 42.1 Å². The second kappa shape index (κ2) is 4.92. The number of likely N-dealkylation sites (N-methyl/N-ethyl adjacent to an activating group) is 1. The molecule has 0 bridgehead atoms. The van der Waals surface area contributed by atoms with Gasteiger partial charge in [-0.05, 0) is 26.0 Å². The average molecular weight is 234 g/mol. The van der Waals surface area contributed by atoms with Crippen LogP contribution in [0.3, 0.4) is 0 Å². The van der Waals surface area contributed by atoms with Gasteiger partial charge in [-0.1, -0.05) is 6.92 Å². The van der Waals surface area contributed by atoms with Crippen LogP contribution in [-0.2, 0) is 0 Å². The number of hydrogen-bond donors (Lipinski definition) is 1. The van der Waals surface area contributed by atoms with E-state index in [2.05, 4.69) is 28.6 Å². The Morgan fingerprint density at radius 2 is 2.24 bits per heavy atom. The number of nitrogen functional groups attached to an aromatic ring is 1. The Bertz CT molecular complexity index is 391. The maximum absolute atomic E-state index is 5.94. The standard InChI is InChI=1S/C13H22N4/c1-4-16-5-6-17(9-11(16)3)13-7-12(14)10(2)8-15-13/h7-8,11H,4-6,9H2,1-3H3,(H2,14,15). The van der Waals surface area contributed by atoms with Gasteiger partial charge in [0.15, 0.2) is 0 Å². The number of nitrogens with zero attached hydrogens (tertiary/aromatic N) is 3. The Morgan fingerprint density at radius 3 is 2.82 bits per heavy atom. The van der Waals surface area contributed by atoms with Crippen molar-refractivity contribution in [2.24, 2.45) is 0 Å². The van der Waals surface area contributed by atoms with Crippen LogP contribution < -0.4 is 10.6 Å². The minimum atomic E-state index is 0.582. The van der Waals surface area contributed by atoms with Crippen LogP contribution in [0, 0.1) is 6.92 Å². The van der Waals surface area contributed by atoms with Gasteiger partial charge < -0.3 is 10.6 Å². The molecule has 0 amide bonds. The Balaban J connectivity index is 2.11. The van der Waals surface area contributed by atoms with Crippen molar-refractivity contribution in [1.29, 1.82) is 0 Å². The Morgan fingerprint density at radius 1 is 1.47 bits per heavy atom. The van der Waals surface area contributed by atoms with Crippen LogP contribution >= 0.6 is 0 Å². The fraction of sp³-hybridized carbons (Fsp3) is 0.615. The first-order chi connectivity index (χ1) is 8.11. The first-order valence-electron chi connectivity index (χ1n) is 6.33. The molecule has 2 N–H and O–H groups in total. The molecule has 0 saturated carbocycles. The molecule has 1 fully saturated rings. The topological polar surface area (TPSA) is 45.4 Å². The van der Waals surface area contributed by atoms with Gasteiger partial charge in [-0.3, -0.25) is 4.90 Å². The second-order valence-corrected chi connectivity index (χ2v) is 4.82. The van der Waals surface area contributed by atoms with E-state index in [4.69, 9.17) is 5.73 Å². The molecule has 1 aromatic rings. The molecule has 2 rings (SSSR count). The summed E-state index contributed by atoms with van der Waals surface area (Å²) < 4.78 is 0. The van der Waals surface area contributed by atoms with E-state index in [0.29, 0.717) is 6.04 Å². The van der Waals surface area contributed by atoms with Crippen molar-refractivity contribution >= 4 is 11.5 Å². The Kier molecular flexibility index (Phi) is 3.52. The van der Waals surface area contributed by atoms with Crippen molar-refractivity contribution in [2.45, 2.75) is 26.8 Å². The molecular weight excluding hydrogens is 212 g/mol. The quantitative estimate of drug-likeness (QED) is 0.842. The van der Waals surface area contributed by atoms with Crippen LogP contribution in [0.2, 0.25) is 0 Å². The zero-order chi connectivity index (χ0) is 12.4. The highest BCUT2D eigenvalue weighted by atomic mass is 15.3.